The first-order chi connectivity index (χ1) is 10.0. The SMILES string of the molecule is NCCc1cccc(F)c1OCc1c(F)ccc(Br)c1F. The van der Waals surface area contributed by atoms with Crippen LogP contribution in [0.3, 0.4) is 0 Å². The molecule has 2 rings (SSSR count). The van der Waals surface area contributed by atoms with Crippen molar-refractivity contribution in [2.75, 3.05) is 6.54 Å². The molecule has 0 atom stereocenters. The third kappa shape index (κ3) is 3.57. The quantitative estimate of drug-likeness (QED) is 0.820. The maximum Gasteiger partial charge on any atom is 0.165 e. The zero-order valence-corrected chi connectivity index (χ0v) is 12.6. The highest BCUT2D eigenvalue weighted by molar-refractivity contribution is 9.10. The number of hydrogen-bond donors (Lipinski definition) is 1. The molecule has 0 aromatic heterocycles. The van der Waals surface area contributed by atoms with Crippen molar-refractivity contribution >= 4 is 15.9 Å². The van der Waals surface area contributed by atoms with Crippen molar-refractivity contribution in [2.45, 2.75) is 13.0 Å². The van der Waals surface area contributed by atoms with Crippen LogP contribution in [0.2, 0.25) is 0 Å². The van der Waals surface area contributed by atoms with Gasteiger partial charge in [0.05, 0.1) is 10.0 Å². The molecule has 2 nitrogen and oxygen atoms in total. The monoisotopic (exact) mass is 359 g/mol. The Morgan fingerprint density at radius 2 is 1.81 bits per heavy atom. The number of ether oxygens (including phenoxy) is 1. The van der Waals surface area contributed by atoms with Gasteiger partial charge < -0.3 is 10.5 Å². The summed E-state index contributed by atoms with van der Waals surface area (Å²) >= 11 is 2.97. The Hall–Kier alpha value is -1.53. The van der Waals surface area contributed by atoms with E-state index in [1.807, 2.05) is 0 Å². The highest BCUT2D eigenvalue weighted by Crippen LogP contribution is 2.27. The number of rotatable bonds is 5. The fourth-order valence-corrected chi connectivity index (χ4v) is 2.28. The van der Waals surface area contributed by atoms with Gasteiger partial charge in [0.1, 0.15) is 18.2 Å². The Labute approximate surface area is 128 Å². The Balaban J connectivity index is 2.27. The van der Waals surface area contributed by atoms with Crippen LogP contribution in [0.4, 0.5) is 13.2 Å². The van der Waals surface area contributed by atoms with E-state index in [0.717, 1.165) is 6.07 Å². The molecule has 0 heterocycles. The van der Waals surface area contributed by atoms with Gasteiger partial charge in [-0.25, -0.2) is 13.2 Å². The van der Waals surface area contributed by atoms with E-state index in [0.29, 0.717) is 18.5 Å². The molecule has 0 aliphatic rings. The largest absolute Gasteiger partial charge is 0.485 e. The third-order valence-corrected chi connectivity index (χ3v) is 3.57. The van der Waals surface area contributed by atoms with Gasteiger partial charge in [-0.2, -0.15) is 0 Å². The van der Waals surface area contributed by atoms with Crippen LogP contribution in [0.25, 0.3) is 0 Å². The van der Waals surface area contributed by atoms with Gasteiger partial charge >= 0.3 is 0 Å². The second-order valence-corrected chi connectivity index (χ2v) is 5.23. The molecule has 0 saturated heterocycles. The summed E-state index contributed by atoms with van der Waals surface area (Å²) in [5.74, 6) is -2.11. The Bertz CT molecular complexity index is 649. The zero-order chi connectivity index (χ0) is 15.4. The molecule has 21 heavy (non-hydrogen) atoms. The van der Waals surface area contributed by atoms with Crippen LogP contribution in [-0.4, -0.2) is 6.54 Å². The molecule has 0 radical (unpaired) electrons. The van der Waals surface area contributed by atoms with Crippen molar-refractivity contribution in [1.82, 2.24) is 0 Å². The number of benzene rings is 2. The first kappa shape index (κ1) is 15.9. The smallest absolute Gasteiger partial charge is 0.165 e. The van der Waals surface area contributed by atoms with E-state index < -0.39 is 24.1 Å². The molecule has 0 saturated carbocycles. The van der Waals surface area contributed by atoms with Gasteiger partial charge in [-0.05, 0) is 52.7 Å². The molecule has 0 fully saturated rings. The lowest BCUT2D eigenvalue weighted by molar-refractivity contribution is 0.275. The van der Waals surface area contributed by atoms with E-state index in [1.165, 1.54) is 18.2 Å². The van der Waals surface area contributed by atoms with Crippen molar-refractivity contribution in [3.05, 3.63) is 63.4 Å². The summed E-state index contributed by atoms with van der Waals surface area (Å²) < 4.78 is 46.7. The summed E-state index contributed by atoms with van der Waals surface area (Å²) in [6.45, 7) is -0.0883. The van der Waals surface area contributed by atoms with Crippen LogP contribution in [0.5, 0.6) is 5.75 Å². The van der Waals surface area contributed by atoms with Crippen molar-refractivity contribution < 1.29 is 17.9 Å². The summed E-state index contributed by atoms with van der Waals surface area (Å²) in [6, 6.07) is 6.81. The summed E-state index contributed by atoms with van der Waals surface area (Å²) in [7, 11) is 0. The lowest BCUT2D eigenvalue weighted by atomic mass is 10.1. The second kappa shape index (κ2) is 6.95. The third-order valence-electron chi connectivity index (χ3n) is 2.96. The Morgan fingerprint density at radius 1 is 1.05 bits per heavy atom. The molecule has 2 N–H and O–H groups in total. The van der Waals surface area contributed by atoms with E-state index in [1.54, 1.807) is 6.07 Å². The predicted octanol–water partition coefficient (Wildman–Crippen LogP) is 3.95. The number of halogens is 4. The van der Waals surface area contributed by atoms with Gasteiger partial charge in [0, 0.05) is 0 Å². The van der Waals surface area contributed by atoms with E-state index in [9.17, 15) is 13.2 Å². The van der Waals surface area contributed by atoms with Crippen LogP contribution in [-0.2, 0) is 13.0 Å². The molecular weight excluding hydrogens is 347 g/mol. The fourth-order valence-electron chi connectivity index (χ4n) is 1.91. The summed E-state index contributed by atoms with van der Waals surface area (Å²) in [5, 5.41) is 0. The van der Waals surface area contributed by atoms with Gasteiger partial charge in [-0.1, -0.05) is 12.1 Å². The molecule has 0 amide bonds. The maximum absolute atomic E-state index is 13.8. The molecular formula is C15H13BrF3NO. The molecule has 0 spiro atoms. The number of para-hydroxylation sites is 1. The predicted molar refractivity (Wildman–Crippen MR) is 77.5 cm³/mol. The summed E-state index contributed by atoms with van der Waals surface area (Å²) in [6.07, 6.45) is 0.413. The van der Waals surface area contributed by atoms with E-state index in [4.69, 9.17) is 10.5 Å². The average Bonchev–Trinajstić information content (AvgIpc) is 2.46. The van der Waals surface area contributed by atoms with Crippen LogP contribution >= 0.6 is 15.9 Å². The Morgan fingerprint density at radius 3 is 2.52 bits per heavy atom. The van der Waals surface area contributed by atoms with Crippen LogP contribution in [0.1, 0.15) is 11.1 Å². The topological polar surface area (TPSA) is 35.2 Å². The highest BCUT2D eigenvalue weighted by Gasteiger charge is 2.15. The van der Waals surface area contributed by atoms with Crippen molar-refractivity contribution in [1.29, 1.82) is 0 Å². The minimum Gasteiger partial charge on any atom is -0.485 e. The highest BCUT2D eigenvalue weighted by atomic mass is 79.9. The van der Waals surface area contributed by atoms with Crippen LogP contribution in [0.15, 0.2) is 34.8 Å². The lowest BCUT2D eigenvalue weighted by Crippen LogP contribution is -2.08. The van der Waals surface area contributed by atoms with Gasteiger partial charge in [0.15, 0.2) is 11.6 Å². The number of hydrogen-bond acceptors (Lipinski definition) is 2. The first-order valence-electron chi connectivity index (χ1n) is 6.27. The van der Waals surface area contributed by atoms with Crippen molar-refractivity contribution in [3.8, 4) is 5.75 Å². The van der Waals surface area contributed by atoms with E-state index in [2.05, 4.69) is 15.9 Å². The normalized spacial score (nSPS) is 10.7. The second-order valence-electron chi connectivity index (χ2n) is 4.38. The van der Waals surface area contributed by atoms with E-state index >= 15 is 0 Å². The molecule has 112 valence electrons. The molecule has 0 aliphatic carbocycles. The summed E-state index contributed by atoms with van der Waals surface area (Å²) in [4.78, 5) is 0. The van der Waals surface area contributed by atoms with Gasteiger partial charge in [0.2, 0.25) is 0 Å². The Kier molecular flexibility index (Phi) is 5.25. The molecule has 0 unspecified atom stereocenters. The van der Waals surface area contributed by atoms with Crippen molar-refractivity contribution in [2.24, 2.45) is 5.73 Å². The first-order valence-corrected chi connectivity index (χ1v) is 7.06. The minimum atomic E-state index is -0.758. The van der Waals surface area contributed by atoms with Gasteiger partial charge in [0.25, 0.3) is 0 Å². The average molecular weight is 360 g/mol. The molecule has 2 aromatic rings. The van der Waals surface area contributed by atoms with Gasteiger partial charge in [-0.3, -0.25) is 0 Å². The fraction of sp³-hybridized carbons (Fsp3) is 0.200. The van der Waals surface area contributed by atoms with Crippen LogP contribution < -0.4 is 10.5 Å². The van der Waals surface area contributed by atoms with Crippen LogP contribution in [0, 0.1) is 17.5 Å². The zero-order valence-electron chi connectivity index (χ0n) is 11.0. The molecule has 0 aliphatic heterocycles. The molecule has 0 bridgehead atoms. The molecule has 2 aromatic carbocycles. The van der Waals surface area contributed by atoms with Crippen molar-refractivity contribution in [3.63, 3.8) is 0 Å². The standard InChI is InChI=1S/C15H13BrF3NO/c16-11-4-5-12(17)10(14(11)19)8-21-15-9(6-7-20)2-1-3-13(15)18/h1-5H,6-8,20H2. The lowest BCUT2D eigenvalue weighted by Gasteiger charge is -2.13. The number of nitrogens with two attached hydrogens (primary N) is 1. The van der Waals surface area contributed by atoms with E-state index in [-0.39, 0.29) is 15.8 Å². The maximum atomic E-state index is 13.8. The molecule has 6 heteroatoms. The summed E-state index contributed by atoms with van der Waals surface area (Å²) in [5.41, 5.74) is 5.76. The minimum absolute atomic E-state index is 0.0262. The van der Waals surface area contributed by atoms with Gasteiger partial charge in [-0.15, -0.1) is 0 Å².